The van der Waals surface area contributed by atoms with Crippen LogP contribution in [-0.2, 0) is 14.9 Å². The van der Waals surface area contributed by atoms with Gasteiger partial charge in [0.25, 0.3) is 11.8 Å². The Kier molecular flexibility index (Phi) is 6.84. The summed E-state index contributed by atoms with van der Waals surface area (Å²) in [5.74, 6) is -0.486. The lowest BCUT2D eigenvalue weighted by Crippen LogP contribution is -2.31. The van der Waals surface area contributed by atoms with Crippen LogP contribution in [-0.4, -0.2) is 42.4 Å². The summed E-state index contributed by atoms with van der Waals surface area (Å²) in [5.41, 5.74) is 2.81. The number of hydrogen-bond acceptors (Lipinski definition) is 5. The minimum absolute atomic E-state index is 0.0965. The maximum absolute atomic E-state index is 12.4. The van der Waals surface area contributed by atoms with Crippen molar-refractivity contribution in [1.29, 1.82) is 0 Å². The number of halogens is 1. The standard InChI is InChI=1S/C24H26BrNO5/c1-15-6-9-20(19(12-15)24(2,3)4)31-14-21(27)30-11-5-10-26-22(28)17-8-7-16(25)13-18(17)23(26)29/h6-9,12-13H,5,10-11,14H2,1-4H3. The first-order valence-corrected chi connectivity index (χ1v) is 10.9. The predicted octanol–water partition coefficient (Wildman–Crippen LogP) is 4.66. The first-order valence-electron chi connectivity index (χ1n) is 10.1. The number of carbonyl (C=O) groups is 3. The maximum Gasteiger partial charge on any atom is 0.344 e. The van der Waals surface area contributed by atoms with Crippen molar-refractivity contribution in [2.45, 2.75) is 39.5 Å². The van der Waals surface area contributed by atoms with Crippen molar-refractivity contribution in [1.82, 2.24) is 4.90 Å². The SMILES string of the molecule is Cc1ccc(OCC(=O)OCCCN2C(=O)c3ccc(Br)cc3C2=O)c(C(C)(C)C)c1. The summed E-state index contributed by atoms with van der Waals surface area (Å²) in [6, 6.07) is 10.9. The van der Waals surface area contributed by atoms with Crippen LogP contribution in [0.25, 0.3) is 0 Å². The molecule has 1 heterocycles. The van der Waals surface area contributed by atoms with E-state index >= 15 is 0 Å². The van der Waals surface area contributed by atoms with E-state index in [0.29, 0.717) is 23.3 Å². The average Bonchev–Trinajstić information content (AvgIpc) is 2.93. The summed E-state index contributed by atoms with van der Waals surface area (Å²) in [6.45, 7) is 8.36. The highest BCUT2D eigenvalue weighted by Gasteiger charge is 2.35. The van der Waals surface area contributed by atoms with Crippen molar-refractivity contribution in [3.63, 3.8) is 0 Å². The smallest absolute Gasteiger partial charge is 0.344 e. The Hall–Kier alpha value is -2.67. The number of nitrogens with zero attached hydrogens (tertiary/aromatic N) is 1. The average molecular weight is 488 g/mol. The summed E-state index contributed by atoms with van der Waals surface area (Å²) in [6.07, 6.45) is 0.357. The van der Waals surface area contributed by atoms with E-state index in [1.807, 2.05) is 19.1 Å². The zero-order valence-corrected chi connectivity index (χ0v) is 19.7. The Morgan fingerprint density at radius 3 is 2.45 bits per heavy atom. The Labute approximate surface area is 190 Å². The van der Waals surface area contributed by atoms with E-state index in [-0.39, 0.29) is 37.0 Å². The Morgan fingerprint density at radius 1 is 1.03 bits per heavy atom. The normalized spacial score (nSPS) is 13.4. The van der Waals surface area contributed by atoms with Gasteiger partial charge in [-0.25, -0.2) is 4.79 Å². The Balaban J connectivity index is 1.47. The van der Waals surface area contributed by atoms with Crippen molar-refractivity contribution in [2.24, 2.45) is 0 Å². The van der Waals surface area contributed by atoms with Crippen molar-refractivity contribution >= 4 is 33.7 Å². The molecule has 31 heavy (non-hydrogen) atoms. The molecule has 0 unspecified atom stereocenters. The highest BCUT2D eigenvalue weighted by molar-refractivity contribution is 9.10. The fourth-order valence-electron chi connectivity index (χ4n) is 3.41. The molecule has 0 N–H and O–H groups in total. The van der Waals surface area contributed by atoms with Crippen LogP contribution in [0.1, 0.15) is 59.0 Å². The summed E-state index contributed by atoms with van der Waals surface area (Å²) in [5, 5.41) is 0. The van der Waals surface area contributed by atoms with Crippen LogP contribution < -0.4 is 4.74 Å². The molecule has 3 rings (SSSR count). The van der Waals surface area contributed by atoms with Gasteiger partial charge in [0.15, 0.2) is 6.61 Å². The minimum Gasteiger partial charge on any atom is -0.482 e. The molecule has 0 saturated heterocycles. The van der Waals surface area contributed by atoms with Crippen LogP contribution in [0.4, 0.5) is 0 Å². The van der Waals surface area contributed by atoms with Gasteiger partial charge >= 0.3 is 5.97 Å². The van der Waals surface area contributed by atoms with Gasteiger partial charge in [-0.3, -0.25) is 14.5 Å². The third-order valence-electron chi connectivity index (χ3n) is 5.01. The maximum atomic E-state index is 12.4. The van der Waals surface area contributed by atoms with Gasteiger partial charge in [-0.1, -0.05) is 54.4 Å². The van der Waals surface area contributed by atoms with Gasteiger partial charge in [-0.05, 0) is 48.6 Å². The number of rotatable bonds is 7. The van der Waals surface area contributed by atoms with E-state index in [1.165, 1.54) is 4.90 Å². The fourth-order valence-corrected chi connectivity index (χ4v) is 3.77. The van der Waals surface area contributed by atoms with E-state index < -0.39 is 5.97 Å². The van der Waals surface area contributed by atoms with Crippen LogP contribution in [0.3, 0.4) is 0 Å². The number of hydrogen-bond donors (Lipinski definition) is 0. The van der Waals surface area contributed by atoms with Crippen LogP contribution in [0.15, 0.2) is 40.9 Å². The molecule has 0 saturated carbocycles. The lowest BCUT2D eigenvalue weighted by atomic mass is 9.85. The number of ether oxygens (including phenoxy) is 2. The molecule has 1 aliphatic heterocycles. The molecule has 1 aliphatic rings. The molecule has 0 aliphatic carbocycles. The zero-order valence-electron chi connectivity index (χ0n) is 18.2. The second-order valence-electron chi connectivity index (χ2n) is 8.56. The van der Waals surface area contributed by atoms with E-state index in [1.54, 1.807) is 18.2 Å². The number of imide groups is 1. The molecule has 0 bridgehead atoms. The molecular weight excluding hydrogens is 462 g/mol. The van der Waals surface area contributed by atoms with E-state index in [9.17, 15) is 14.4 Å². The number of esters is 1. The molecule has 164 valence electrons. The largest absolute Gasteiger partial charge is 0.482 e. The van der Waals surface area contributed by atoms with Gasteiger partial charge in [0.1, 0.15) is 5.75 Å². The number of amides is 2. The van der Waals surface area contributed by atoms with Crippen molar-refractivity contribution in [3.05, 3.63) is 63.1 Å². The highest BCUT2D eigenvalue weighted by atomic mass is 79.9. The second-order valence-corrected chi connectivity index (χ2v) is 9.48. The highest BCUT2D eigenvalue weighted by Crippen LogP contribution is 2.32. The van der Waals surface area contributed by atoms with E-state index in [4.69, 9.17) is 9.47 Å². The molecule has 2 aromatic carbocycles. The lowest BCUT2D eigenvalue weighted by Gasteiger charge is -2.23. The predicted molar refractivity (Wildman–Crippen MR) is 120 cm³/mol. The van der Waals surface area contributed by atoms with Crippen molar-refractivity contribution in [2.75, 3.05) is 19.8 Å². The quantitative estimate of drug-likeness (QED) is 0.322. The molecule has 0 atom stereocenters. The van der Waals surface area contributed by atoms with Gasteiger partial charge in [-0.2, -0.15) is 0 Å². The number of fused-ring (bicyclic) bond motifs is 1. The molecular formula is C24H26BrNO5. The third-order valence-corrected chi connectivity index (χ3v) is 5.50. The van der Waals surface area contributed by atoms with Crippen LogP contribution in [0.2, 0.25) is 0 Å². The number of carbonyl (C=O) groups excluding carboxylic acids is 3. The third kappa shape index (κ3) is 5.34. The van der Waals surface area contributed by atoms with Gasteiger partial charge in [0, 0.05) is 11.0 Å². The van der Waals surface area contributed by atoms with Crippen molar-refractivity contribution in [3.8, 4) is 5.75 Å². The first kappa shape index (κ1) is 23.0. The number of benzene rings is 2. The number of aryl methyl sites for hydroxylation is 1. The topological polar surface area (TPSA) is 72.9 Å². The molecule has 6 nitrogen and oxygen atoms in total. The first-order chi connectivity index (χ1) is 14.6. The fraction of sp³-hybridized carbons (Fsp3) is 0.375. The molecule has 0 fully saturated rings. The van der Waals surface area contributed by atoms with Gasteiger partial charge in [0.2, 0.25) is 0 Å². The van der Waals surface area contributed by atoms with Crippen molar-refractivity contribution < 1.29 is 23.9 Å². The summed E-state index contributed by atoms with van der Waals surface area (Å²) >= 11 is 3.31. The lowest BCUT2D eigenvalue weighted by molar-refractivity contribution is -0.146. The minimum atomic E-state index is -0.494. The van der Waals surface area contributed by atoms with Crippen LogP contribution in [0, 0.1) is 6.92 Å². The van der Waals surface area contributed by atoms with Crippen LogP contribution in [0.5, 0.6) is 5.75 Å². The summed E-state index contributed by atoms with van der Waals surface area (Å²) < 4.78 is 11.7. The van der Waals surface area contributed by atoms with Gasteiger partial charge in [0.05, 0.1) is 17.7 Å². The van der Waals surface area contributed by atoms with Crippen LogP contribution >= 0.6 is 15.9 Å². The Morgan fingerprint density at radius 2 is 1.74 bits per heavy atom. The molecule has 7 heteroatoms. The Bertz CT molecular complexity index is 1030. The molecule has 0 aromatic heterocycles. The summed E-state index contributed by atoms with van der Waals surface area (Å²) in [7, 11) is 0. The van der Waals surface area contributed by atoms with E-state index in [0.717, 1.165) is 15.6 Å². The van der Waals surface area contributed by atoms with Gasteiger partial charge < -0.3 is 9.47 Å². The molecule has 2 aromatic rings. The van der Waals surface area contributed by atoms with E-state index in [2.05, 4.69) is 42.8 Å². The molecule has 2 amide bonds. The molecule has 0 radical (unpaired) electrons. The molecule has 0 spiro atoms. The summed E-state index contributed by atoms with van der Waals surface area (Å²) in [4.78, 5) is 38.1. The zero-order chi connectivity index (χ0) is 22.8. The second kappa shape index (κ2) is 9.22. The van der Waals surface area contributed by atoms with Gasteiger partial charge in [-0.15, -0.1) is 0 Å². The monoisotopic (exact) mass is 487 g/mol.